The van der Waals surface area contributed by atoms with Crippen LogP contribution in [0.3, 0.4) is 0 Å². The van der Waals surface area contributed by atoms with Gasteiger partial charge in [-0.1, -0.05) is 29.6 Å². The number of aromatic nitrogens is 2. The summed E-state index contributed by atoms with van der Waals surface area (Å²) in [7, 11) is 0. The Morgan fingerprint density at radius 1 is 1.19 bits per heavy atom. The van der Waals surface area contributed by atoms with Crippen molar-refractivity contribution in [2.45, 2.75) is 32.2 Å². The van der Waals surface area contributed by atoms with E-state index in [0.717, 1.165) is 17.6 Å². The summed E-state index contributed by atoms with van der Waals surface area (Å²) in [5.41, 5.74) is 7.86. The summed E-state index contributed by atoms with van der Waals surface area (Å²) in [6.45, 7) is 5.50. The van der Waals surface area contributed by atoms with Crippen LogP contribution in [0.2, 0.25) is 10.0 Å². The number of anilines is 1. The number of nitrogen functional groups attached to an aromatic ring is 1. The standard InChI is InChI=1S/C15H20Cl2N4/c1-10(9-20-5-3-2-4-6-20)21-14-8-12(17)11(16)7-13(14)19-15(21)18/h7-8,10H,2-6,9H2,1H3,(H2,18,19). The summed E-state index contributed by atoms with van der Waals surface area (Å²) in [5.74, 6) is 0.521. The summed E-state index contributed by atoms with van der Waals surface area (Å²) >= 11 is 12.2. The lowest BCUT2D eigenvalue weighted by Gasteiger charge is -2.30. The van der Waals surface area contributed by atoms with Crippen LogP contribution in [0.1, 0.15) is 32.2 Å². The third-order valence-corrected chi connectivity index (χ3v) is 4.89. The Hall–Kier alpha value is -0.970. The Labute approximate surface area is 134 Å². The molecule has 2 heterocycles. The minimum atomic E-state index is 0.255. The van der Waals surface area contributed by atoms with E-state index in [1.165, 1.54) is 32.4 Å². The van der Waals surface area contributed by atoms with Crippen LogP contribution in [0.4, 0.5) is 5.95 Å². The predicted molar refractivity (Wildman–Crippen MR) is 89.2 cm³/mol. The van der Waals surface area contributed by atoms with Gasteiger partial charge in [0, 0.05) is 12.6 Å². The molecule has 21 heavy (non-hydrogen) atoms. The van der Waals surface area contributed by atoms with Gasteiger partial charge in [-0.3, -0.25) is 0 Å². The Kier molecular flexibility index (Phi) is 4.29. The van der Waals surface area contributed by atoms with Crippen LogP contribution in [-0.4, -0.2) is 34.1 Å². The maximum absolute atomic E-state index is 6.14. The van der Waals surface area contributed by atoms with Crippen LogP contribution < -0.4 is 5.73 Å². The molecule has 6 heteroatoms. The molecule has 1 atom stereocenters. The molecule has 4 nitrogen and oxygen atoms in total. The van der Waals surface area contributed by atoms with Gasteiger partial charge >= 0.3 is 0 Å². The van der Waals surface area contributed by atoms with Crippen molar-refractivity contribution in [2.75, 3.05) is 25.4 Å². The molecular weight excluding hydrogens is 307 g/mol. The molecule has 1 aromatic carbocycles. The fraction of sp³-hybridized carbons (Fsp3) is 0.533. The van der Waals surface area contributed by atoms with Gasteiger partial charge in [-0.25, -0.2) is 4.98 Å². The van der Waals surface area contributed by atoms with Crippen LogP contribution in [0.15, 0.2) is 12.1 Å². The zero-order valence-corrected chi connectivity index (χ0v) is 13.7. The van der Waals surface area contributed by atoms with E-state index < -0.39 is 0 Å². The molecule has 114 valence electrons. The molecule has 0 amide bonds. The van der Waals surface area contributed by atoms with Crippen molar-refractivity contribution in [2.24, 2.45) is 0 Å². The normalized spacial score (nSPS) is 18.2. The molecule has 1 saturated heterocycles. The van der Waals surface area contributed by atoms with Crippen LogP contribution >= 0.6 is 23.2 Å². The van der Waals surface area contributed by atoms with E-state index >= 15 is 0 Å². The Morgan fingerprint density at radius 2 is 1.86 bits per heavy atom. The van der Waals surface area contributed by atoms with Gasteiger partial charge in [0.2, 0.25) is 5.95 Å². The second-order valence-electron chi connectivity index (χ2n) is 5.81. The number of piperidine rings is 1. The van der Waals surface area contributed by atoms with Crippen molar-refractivity contribution in [1.29, 1.82) is 0 Å². The number of nitrogens with zero attached hydrogens (tertiary/aromatic N) is 3. The fourth-order valence-electron chi connectivity index (χ4n) is 3.17. The molecule has 1 unspecified atom stereocenters. The average Bonchev–Trinajstić information content (AvgIpc) is 2.75. The first-order valence-electron chi connectivity index (χ1n) is 7.41. The van der Waals surface area contributed by atoms with E-state index in [2.05, 4.69) is 21.4 Å². The largest absolute Gasteiger partial charge is 0.369 e. The molecule has 2 aromatic rings. The van der Waals surface area contributed by atoms with Gasteiger partial charge in [0.25, 0.3) is 0 Å². The number of imidazole rings is 1. The molecular formula is C15H20Cl2N4. The van der Waals surface area contributed by atoms with E-state index in [-0.39, 0.29) is 6.04 Å². The summed E-state index contributed by atoms with van der Waals surface area (Å²) in [5, 5.41) is 1.05. The number of halogens is 2. The number of likely N-dealkylation sites (tertiary alicyclic amines) is 1. The van der Waals surface area contributed by atoms with Crippen molar-refractivity contribution < 1.29 is 0 Å². The fourth-order valence-corrected chi connectivity index (χ4v) is 3.49. The molecule has 0 radical (unpaired) electrons. The Bertz CT molecular complexity index is 647. The molecule has 3 rings (SSSR count). The van der Waals surface area contributed by atoms with Crippen molar-refractivity contribution in [3.63, 3.8) is 0 Å². The first kappa shape index (κ1) is 14.9. The van der Waals surface area contributed by atoms with E-state index in [1.54, 1.807) is 6.07 Å². The first-order chi connectivity index (χ1) is 10.1. The zero-order valence-electron chi connectivity index (χ0n) is 12.1. The van der Waals surface area contributed by atoms with Gasteiger partial charge in [0.1, 0.15) is 0 Å². The van der Waals surface area contributed by atoms with Gasteiger partial charge in [-0.15, -0.1) is 0 Å². The van der Waals surface area contributed by atoms with Crippen LogP contribution in [0.25, 0.3) is 11.0 Å². The molecule has 0 saturated carbocycles. The smallest absolute Gasteiger partial charge is 0.201 e. The number of nitrogens with two attached hydrogens (primary N) is 1. The minimum Gasteiger partial charge on any atom is -0.369 e. The molecule has 0 aliphatic carbocycles. The highest BCUT2D eigenvalue weighted by Gasteiger charge is 2.19. The number of hydrogen-bond donors (Lipinski definition) is 1. The summed E-state index contributed by atoms with van der Waals surface area (Å²) in [4.78, 5) is 6.91. The van der Waals surface area contributed by atoms with Crippen molar-refractivity contribution >= 4 is 40.2 Å². The van der Waals surface area contributed by atoms with Crippen molar-refractivity contribution in [3.8, 4) is 0 Å². The number of fused-ring (bicyclic) bond motifs is 1. The maximum Gasteiger partial charge on any atom is 0.201 e. The highest BCUT2D eigenvalue weighted by atomic mass is 35.5. The minimum absolute atomic E-state index is 0.255. The molecule has 1 aliphatic heterocycles. The van der Waals surface area contributed by atoms with Crippen LogP contribution in [0.5, 0.6) is 0 Å². The van der Waals surface area contributed by atoms with E-state index in [4.69, 9.17) is 28.9 Å². The predicted octanol–water partition coefficient (Wildman–Crippen LogP) is 3.97. The third-order valence-electron chi connectivity index (χ3n) is 4.17. The van der Waals surface area contributed by atoms with Gasteiger partial charge in [-0.2, -0.15) is 0 Å². The Balaban J connectivity index is 1.91. The van der Waals surface area contributed by atoms with Crippen molar-refractivity contribution in [1.82, 2.24) is 14.5 Å². The second kappa shape index (κ2) is 6.03. The van der Waals surface area contributed by atoms with E-state index in [0.29, 0.717) is 16.0 Å². The van der Waals surface area contributed by atoms with Gasteiger partial charge in [0.15, 0.2) is 0 Å². The first-order valence-corrected chi connectivity index (χ1v) is 8.16. The summed E-state index contributed by atoms with van der Waals surface area (Å²) in [6.07, 6.45) is 3.91. The molecule has 1 fully saturated rings. The average molecular weight is 327 g/mol. The van der Waals surface area contributed by atoms with Gasteiger partial charge < -0.3 is 15.2 Å². The topological polar surface area (TPSA) is 47.1 Å². The number of rotatable bonds is 3. The lowest BCUT2D eigenvalue weighted by atomic mass is 10.1. The SMILES string of the molecule is CC(CN1CCCCC1)n1c(N)nc2cc(Cl)c(Cl)cc21. The van der Waals surface area contributed by atoms with Crippen LogP contribution in [-0.2, 0) is 0 Å². The van der Waals surface area contributed by atoms with Gasteiger partial charge in [-0.05, 0) is 45.0 Å². The molecule has 1 aromatic heterocycles. The van der Waals surface area contributed by atoms with Crippen molar-refractivity contribution in [3.05, 3.63) is 22.2 Å². The van der Waals surface area contributed by atoms with Crippen LogP contribution in [0, 0.1) is 0 Å². The molecule has 0 spiro atoms. The van der Waals surface area contributed by atoms with Gasteiger partial charge in [0.05, 0.1) is 21.1 Å². The highest BCUT2D eigenvalue weighted by Crippen LogP contribution is 2.31. The highest BCUT2D eigenvalue weighted by molar-refractivity contribution is 6.42. The van der Waals surface area contributed by atoms with E-state index in [1.807, 2.05) is 6.07 Å². The quantitative estimate of drug-likeness (QED) is 0.928. The monoisotopic (exact) mass is 326 g/mol. The molecule has 1 aliphatic rings. The third kappa shape index (κ3) is 2.98. The molecule has 2 N–H and O–H groups in total. The van der Waals surface area contributed by atoms with E-state index in [9.17, 15) is 0 Å². The summed E-state index contributed by atoms with van der Waals surface area (Å²) in [6, 6.07) is 3.89. The second-order valence-corrected chi connectivity index (χ2v) is 6.62. The lowest BCUT2D eigenvalue weighted by molar-refractivity contribution is 0.204. The Morgan fingerprint density at radius 3 is 2.57 bits per heavy atom. The molecule has 0 bridgehead atoms. The maximum atomic E-state index is 6.14. The number of benzene rings is 1. The summed E-state index contributed by atoms with van der Waals surface area (Å²) < 4.78 is 2.06. The number of hydrogen-bond acceptors (Lipinski definition) is 3. The lowest BCUT2D eigenvalue weighted by Crippen LogP contribution is -2.34. The zero-order chi connectivity index (χ0) is 15.0.